The molecule has 1 N–H and O–H groups in total. The Labute approximate surface area is 84.7 Å². The monoisotopic (exact) mass is 195 g/mol. The molecule has 0 aromatic heterocycles. The van der Waals surface area contributed by atoms with Crippen LogP contribution < -0.4 is 0 Å². The van der Waals surface area contributed by atoms with E-state index in [1.54, 1.807) is 0 Å². The number of rotatable bonds is 1. The van der Waals surface area contributed by atoms with E-state index >= 15 is 0 Å². The SMILES string of the molecule is CC1CC(C2(O)CO2)CC(C)C1C#N. The first-order valence-electron chi connectivity index (χ1n) is 5.33. The van der Waals surface area contributed by atoms with Crippen molar-refractivity contribution in [2.75, 3.05) is 6.61 Å². The second-order valence-corrected chi connectivity index (χ2v) is 4.91. The fourth-order valence-corrected chi connectivity index (χ4v) is 2.78. The molecule has 3 atom stereocenters. The summed E-state index contributed by atoms with van der Waals surface area (Å²) in [5.41, 5.74) is 0. The molecule has 2 aliphatic rings. The van der Waals surface area contributed by atoms with Gasteiger partial charge in [-0.15, -0.1) is 0 Å². The number of nitriles is 1. The molecule has 3 heteroatoms. The zero-order valence-corrected chi connectivity index (χ0v) is 8.73. The van der Waals surface area contributed by atoms with Crippen molar-refractivity contribution in [2.24, 2.45) is 23.7 Å². The van der Waals surface area contributed by atoms with Gasteiger partial charge in [0, 0.05) is 5.92 Å². The molecular weight excluding hydrogens is 178 g/mol. The zero-order valence-electron chi connectivity index (χ0n) is 8.73. The van der Waals surface area contributed by atoms with Gasteiger partial charge in [-0.2, -0.15) is 5.26 Å². The van der Waals surface area contributed by atoms with E-state index in [0.717, 1.165) is 12.8 Å². The molecule has 1 saturated heterocycles. The van der Waals surface area contributed by atoms with Crippen LogP contribution >= 0.6 is 0 Å². The van der Waals surface area contributed by atoms with E-state index in [1.807, 2.05) is 0 Å². The molecule has 1 saturated carbocycles. The molecule has 1 aliphatic heterocycles. The summed E-state index contributed by atoms with van der Waals surface area (Å²) in [5.74, 6) is 0.290. The molecule has 0 amide bonds. The summed E-state index contributed by atoms with van der Waals surface area (Å²) >= 11 is 0. The number of aliphatic hydroxyl groups is 1. The van der Waals surface area contributed by atoms with E-state index in [1.165, 1.54) is 0 Å². The maximum Gasteiger partial charge on any atom is 0.192 e. The molecule has 0 bridgehead atoms. The van der Waals surface area contributed by atoms with Gasteiger partial charge < -0.3 is 9.84 Å². The lowest BCUT2D eigenvalue weighted by molar-refractivity contribution is -0.0517. The van der Waals surface area contributed by atoms with Gasteiger partial charge in [-0.1, -0.05) is 13.8 Å². The van der Waals surface area contributed by atoms with Crippen LogP contribution in [0.1, 0.15) is 26.7 Å². The highest BCUT2D eigenvalue weighted by atomic mass is 16.7. The molecule has 78 valence electrons. The lowest BCUT2D eigenvalue weighted by Crippen LogP contribution is -2.36. The highest BCUT2D eigenvalue weighted by molar-refractivity contribution is 4.99. The molecule has 2 rings (SSSR count). The summed E-state index contributed by atoms with van der Waals surface area (Å²) in [7, 11) is 0. The predicted octanol–water partition coefficient (Wildman–Crippen LogP) is 1.53. The van der Waals surface area contributed by atoms with Gasteiger partial charge >= 0.3 is 0 Å². The van der Waals surface area contributed by atoms with Gasteiger partial charge in [0.05, 0.1) is 12.0 Å². The van der Waals surface area contributed by atoms with Crippen molar-refractivity contribution in [1.82, 2.24) is 0 Å². The third-order valence-corrected chi connectivity index (χ3v) is 3.77. The van der Waals surface area contributed by atoms with Crippen LogP contribution in [0.4, 0.5) is 0 Å². The summed E-state index contributed by atoms with van der Waals surface area (Å²) < 4.78 is 5.07. The van der Waals surface area contributed by atoms with Gasteiger partial charge in [0.2, 0.25) is 0 Å². The molecule has 14 heavy (non-hydrogen) atoms. The molecule has 3 unspecified atom stereocenters. The minimum Gasteiger partial charge on any atom is -0.363 e. The zero-order chi connectivity index (χ0) is 10.3. The third kappa shape index (κ3) is 1.53. The van der Waals surface area contributed by atoms with Crippen LogP contribution in [0.2, 0.25) is 0 Å². The Kier molecular flexibility index (Phi) is 2.29. The van der Waals surface area contributed by atoms with Gasteiger partial charge in [0.15, 0.2) is 5.79 Å². The summed E-state index contributed by atoms with van der Waals surface area (Å²) in [6.07, 6.45) is 1.83. The molecule has 0 aromatic carbocycles. The standard InChI is InChI=1S/C11H17NO2/c1-7-3-9(11(13)6-14-11)4-8(2)10(7)5-12/h7-10,13H,3-4,6H2,1-2H3. The van der Waals surface area contributed by atoms with Crippen LogP contribution in [0, 0.1) is 35.0 Å². The lowest BCUT2D eigenvalue weighted by Gasteiger charge is -2.36. The summed E-state index contributed by atoms with van der Waals surface area (Å²) in [5, 5.41) is 18.8. The van der Waals surface area contributed by atoms with E-state index < -0.39 is 5.79 Å². The van der Waals surface area contributed by atoms with Crippen LogP contribution in [0.25, 0.3) is 0 Å². The first kappa shape index (κ1) is 9.95. The summed E-state index contributed by atoms with van der Waals surface area (Å²) in [6, 6.07) is 2.37. The Hall–Kier alpha value is -0.590. The Balaban J connectivity index is 2.05. The van der Waals surface area contributed by atoms with Crippen molar-refractivity contribution in [3.05, 3.63) is 0 Å². The van der Waals surface area contributed by atoms with E-state index in [-0.39, 0.29) is 11.8 Å². The number of nitrogens with zero attached hydrogens (tertiary/aromatic N) is 1. The van der Waals surface area contributed by atoms with Crippen molar-refractivity contribution < 1.29 is 9.84 Å². The maximum atomic E-state index is 9.84. The predicted molar refractivity (Wildman–Crippen MR) is 51.1 cm³/mol. The van der Waals surface area contributed by atoms with Crippen LogP contribution in [0.5, 0.6) is 0 Å². The third-order valence-electron chi connectivity index (χ3n) is 3.77. The van der Waals surface area contributed by atoms with E-state index in [9.17, 15) is 5.11 Å². The highest BCUT2D eigenvalue weighted by Gasteiger charge is 2.53. The topological polar surface area (TPSA) is 56.5 Å². The van der Waals surface area contributed by atoms with Crippen molar-refractivity contribution in [1.29, 1.82) is 5.26 Å². The molecular formula is C11H17NO2. The summed E-state index contributed by atoms with van der Waals surface area (Å²) in [6.45, 7) is 4.68. The summed E-state index contributed by atoms with van der Waals surface area (Å²) in [4.78, 5) is 0. The maximum absolute atomic E-state index is 9.84. The molecule has 3 nitrogen and oxygen atoms in total. The van der Waals surface area contributed by atoms with Gasteiger partial charge in [-0.3, -0.25) is 0 Å². The van der Waals surface area contributed by atoms with E-state index in [0.29, 0.717) is 18.4 Å². The number of hydrogen-bond donors (Lipinski definition) is 1. The lowest BCUT2D eigenvalue weighted by atomic mass is 9.68. The largest absolute Gasteiger partial charge is 0.363 e. The van der Waals surface area contributed by atoms with Gasteiger partial charge in [0.1, 0.15) is 6.61 Å². The Bertz CT molecular complexity index is 255. The normalized spacial score (nSPS) is 52.4. The molecule has 0 radical (unpaired) electrons. The fourth-order valence-electron chi connectivity index (χ4n) is 2.78. The fraction of sp³-hybridized carbons (Fsp3) is 0.909. The second-order valence-electron chi connectivity index (χ2n) is 4.91. The molecule has 1 heterocycles. The molecule has 0 aromatic rings. The van der Waals surface area contributed by atoms with Crippen LogP contribution in [0.15, 0.2) is 0 Å². The van der Waals surface area contributed by atoms with Gasteiger partial charge in [-0.05, 0) is 24.7 Å². The average molecular weight is 195 g/mol. The quantitative estimate of drug-likeness (QED) is 0.645. The minimum absolute atomic E-state index is 0.147. The molecule has 0 spiro atoms. The minimum atomic E-state index is -0.844. The van der Waals surface area contributed by atoms with Crippen molar-refractivity contribution in [3.8, 4) is 6.07 Å². The number of hydrogen-bond acceptors (Lipinski definition) is 3. The van der Waals surface area contributed by atoms with E-state index in [4.69, 9.17) is 10.00 Å². The Morgan fingerprint density at radius 3 is 2.21 bits per heavy atom. The highest BCUT2D eigenvalue weighted by Crippen LogP contribution is 2.46. The first-order valence-corrected chi connectivity index (χ1v) is 5.33. The number of ether oxygens (including phenoxy) is 1. The van der Waals surface area contributed by atoms with Crippen molar-refractivity contribution >= 4 is 0 Å². The number of epoxide rings is 1. The Morgan fingerprint density at radius 1 is 1.36 bits per heavy atom. The van der Waals surface area contributed by atoms with Crippen molar-refractivity contribution in [2.45, 2.75) is 32.5 Å². The first-order chi connectivity index (χ1) is 6.57. The van der Waals surface area contributed by atoms with Crippen molar-refractivity contribution in [3.63, 3.8) is 0 Å². The second kappa shape index (κ2) is 3.22. The van der Waals surface area contributed by atoms with Crippen LogP contribution in [0.3, 0.4) is 0 Å². The smallest absolute Gasteiger partial charge is 0.192 e. The molecule has 1 aliphatic carbocycles. The Morgan fingerprint density at radius 2 is 1.86 bits per heavy atom. The van der Waals surface area contributed by atoms with Gasteiger partial charge in [-0.25, -0.2) is 0 Å². The van der Waals surface area contributed by atoms with Crippen LogP contribution in [-0.4, -0.2) is 17.5 Å². The average Bonchev–Trinajstić information content (AvgIpc) is 2.84. The van der Waals surface area contributed by atoms with E-state index in [2.05, 4.69) is 19.9 Å². The van der Waals surface area contributed by atoms with Crippen LogP contribution in [-0.2, 0) is 4.74 Å². The van der Waals surface area contributed by atoms with Gasteiger partial charge in [0.25, 0.3) is 0 Å². The molecule has 2 fully saturated rings.